The van der Waals surface area contributed by atoms with E-state index >= 15 is 0 Å². The van der Waals surface area contributed by atoms with E-state index in [1.54, 1.807) is 37.1 Å². The zero-order chi connectivity index (χ0) is 30.4. The summed E-state index contributed by atoms with van der Waals surface area (Å²) in [7, 11) is 1.79. The van der Waals surface area contributed by atoms with Crippen LogP contribution >= 0.6 is 0 Å². The van der Waals surface area contributed by atoms with Crippen molar-refractivity contribution in [1.82, 2.24) is 24.5 Å². The SMILES string of the molecule is CC.CC.CC(=O)N1CCc2c(c(N3CCCc4cc(-c5cnn(C)c5)c(C(F)F)cc43)nn2C2CCCOCC2)C1. The lowest BCUT2D eigenvalue weighted by molar-refractivity contribution is -0.129. The highest BCUT2D eigenvalue weighted by Crippen LogP contribution is 2.43. The Bertz CT molecular complexity index is 1340. The fourth-order valence-electron chi connectivity index (χ4n) is 6.21. The molecule has 0 aliphatic carbocycles. The average molecular weight is 585 g/mol. The van der Waals surface area contributed by atoms with Crippen LogP contribution in [0.4, 0.5) is 20.3 Å². The Kier molecular flexibility index (Phi) is 10.8. The van der Waals surface area contributed by atoms with Crippen molar-refractivity contribution in [3.63, 3.8) is 0 Å². The first-order valence-electron chi connectivity index (χ1n) is 15.6. The van der Waals surface area contributed by atoms with Crippen molar-refractivity contribution in [2.24, 2.45) is 7.05 Å². The summed E-state index contributed by atoms with van der Waals surface area (Å²) in [6, 6.07) is 3.80. The molecule has 0 radical (unpaired) electrons. The van der Waals surface area contributed by atoms with E-state index in [0.29, 0.717) is 37.4 Å². The number of benzene rings is 1. The molecule has 42 heavy (non-hydrogen) atoms. The van der Waals surface area contributed by atoms with Crippen molar-refractivity contribution in [2.75, 3.05) is 31.2 Å². The summed E-state index contributed by atoms with van der Waals surface area (Å²) < 4.78 is 38.3. The number of anilines is 2. The zero-order valence-corrected chi connectivity index (χ0v) is 26.0. The number of aryl methyl sites for hydroxylation is 2. The summed E-state index contributed by atoms with van der Waals surface area (Å²) in [5.41, 5.74) is 5.25. The molecule has 0 bridgehead atoms. The van der Waals surface area contributed by atoms with Crippen molar-refractivity contribution in [3.05, 3.63) is 46.9 Å². The van der Waals surface area contributed by atoms with Crippen LogP contribution in [0.3, 0.4) is 0 Å². The van der Waals surface area contributed by atoms with E-state index in [9.17, 15) is 13.6 Å². The van der Waals surface area contributed by atoms with E-state index in [0.717, 1.165) is 73.5 Å². The second-order valence-electron chi connectivity index (χ2n) is 10.6. The monoisotopic (exact) mass is 584 g/mol. The number of carbonyl (C=O) groups excluding carboxylic acids is 1. The van der Waals surface area contributed by atoms with Crippen LogP contribution < -0.4 is 4.90 Å². The number of ether oxygens (including phenoxy) is 1. The average Bonchev–Trinajstić information content (AvgIpc) is 3.51. The van der Waals surface area contributed by atoms with E-state index in [-0.39, 0.29) is 17.5 Å². The first-order chi connectivity index (χ1) is 20.4. The third kappa shape index (κ3) is 6.38. The molecule has 1 aromatic carbocycles. The second kappa shape index (κ2) is 14.3. The number of hydrogen-bond donors (Lipinski definition) is 0. The minimum atomic E-state index is -2.62. The van der Waals surface area contributed by atoms with Crippen molar-refractivity contribution >= 4 is 17.4 Å². The molecule has 3 aromatic rings. The van der Waals surface area contributed by atoms with E-state index in [2.05, 4.69) is 14.7 Å². The number of aromatic nitrogens is 4. The van der Waals surface area contributed by atoms with Gasteiger partial charge in [-0.15, -0.1) is 0 Å². The minimum Gasteiger partial charge on any atom is -0.381 e. The van der Waals surface area contributed by atoms with Gasteiger partial charge in [0.2, 0.25) is 5.91 Å². The first kappa shape index (κ1) is 31.7. The van der Waals surface area contributed by atoms with Gasteiger partial charge in [0.15, 0.2) is 5.82 Å². The predicted molar refractivity (Wildman–Crippen MR) is 162 cm³/mol. The maximum Gasteiger partial charge on any atom is 0.264 e. The van der Waals surface area contributed by atoms with Gasteiger partial charge in [-0.05, 0) is 55.4 Å². The van der Waals surface area contributed by atoms with Gasteiger partial charge in [-0.2, -0.15) is 10.2 Å². The van der Waals surface area contributed by atoms with Crippen LogP contribution in [0.15, 0.2) is 24.5 Å². The van der Waals surface area contributed by atoms with Gasteiger partial charge in [-0.25, -0.2) is 8.78 Å². The number of nitrogens with zero attached hydrogens (tertiary/aromatic N) is 6. The summed E-state index contributed by atoms with van der Waals surface area (Å²) in [5.74, 6) is 0.837. The lowest BCUT2D eigenvalue weighted by Crippen LogP contribution is -2.35. The normalized spacial score (nSPS) is 18.3. The van der Waals surface area contributed by atoms with Crippen LogP contribution in [0.2, 0.25) is 0 Å². The Morgan fingerprint density at radius 1 is 1.05 bits per heavy atom. The fourth-order valence-corrected chi connectivity index (χ4v) is 6.21. The highest BCUT2D eigenvalue weighted by Gasteiger charge is 2.34. The van der Waals surface area contributed by atoms with Crippen molar-refractivity contribution < 1.29 is 18.3 Å². The van der Waals surface area contributed by atoms with Crippen LogP contribution in [-0.2, 0) is 36.0 Å². The first-order valence-corrected chi connectivity index (χ1v) is 15.6. The molecular formula is C32H46F2N6O2. The number of halogens is 2. The number of amides is 1. The molecule has 3 aliphatic heterocycles. The lowest BCUT2D eigenvalue weighted by atomic mass is 9.92. The molecule has 2 aromatic heterocycles. The van der Waals surface area contributed by atoms with Gasteiger partial charge in [0.1, 0.15) is 0 Å². The van der Waals surface area contributed by atoms with Gasteiger partial charge < -0.3 is 14.5 Å². The van der Waals surface area contributed by atoms with Crippen molar-refractivity contribution in [3.8, 4) is 11.1 Å². The predicted octanol–water partition coefficient (Wildman–Crippen LogP) is 7.00. The molecule has 1 amide bonds. The molecule has 230 valence electrons. The Balaban J connectivity index is 0.000000972. The molecule has 0 saturated carbocycles. The Morgan fingerprint density at radius 2 is 1.83 bits per heavy atom. The largest absolute Gasteiger partial charge is 0.381 e. The third-order valence-electron chi connectivity index (χ3n) is 8.15. The third-order valence-corrected chi connectivity index (χ3v) is 8.15. The van der Waals surface area contributed by atoms with Gasteiger partial charge in [0, 0.05) is 81.0 Å². The maximum absolute atomic E-state index is 14.4. The molecule has 0 N–H and O–H groups in total. The van der Waals surface area contributed by atoms with Crippen molar-refractivity contribution in [1.29, 1.82) is 0 Å². The van der Waals surface area contributed by atoms with Gasteiger partial charge in [-0.1, -0.05) is 27.7 Å². The lowest BCUT2D eigenvalue weighted by Gasteiger charge is -2.33. The molecule has 0 spiro atoms. The van der Waals surface area contributed by atoms with Gasteiger partial charge in [0.25, 0.3) is 6.43 Å². The van der Waals surface area contributed by atoms with E-state index < -0.39 is 6.43 Å². The fraction of sp³-hybridized carbons (Fsp3) is 0.594. The van der Waals surface area contributed by atoms with E-state index in [1.165, 1.54) is 0 Å². The van der Waals surface area contributed by atoms with Gasteiger partial charge >= 0.3 is 0 Å². The molecule has 1 saturated heterocycles. The Labute approximate surface area is 248 Å². The smallest absolute Gasteiger partial charge is 0.264 e. The zero-order valence-electron chi connectivity index (χ0n) is 26.0. The standard InChI is InChI=1S/C28H34F2N6O2.2C2H6/c1-18(37)34-10-7-25-24(17-34)28(32-36(25)21-6-4-11-38-12-8-21)35-9-3-5-19-13-22(20-15-31-33(2)16-20)23(27(29)30)14-26(19)35;2*1-2/h13-16,21,27H,3-12,17H2,1-2H3;2*1-2H3. The summed E-state index contributed by atoms with van der Waals surface area (Å²) >= 11 is 0. The molecule has 8 nitrogen and oxygen atoms in total. The summed E-state index contributed by atoms with van der Waals surface area (Å²) in [4.78, 5) is 16.3. The summed E-state index contributed by atoms with van der Waals surface area (Å²) in [5, 5.41) is 9.38. The molecule has 1 unspecified atom stereocenters. The molecule has 5 heterocycles. The summed E-state index contributed by atoms with van der Waals surface area (Å²) in [6.45, 7) is 12.9. The molecule has 6 rings (SSSR count). The van der Waals surface area contributed by atoms with Crippen molar-refractivity contribution in [2.45, 2.75) is 92.2 Å². The van der Waals surface area contributed by atoms with Crippen LogP contribution in [0.25, 0.3) is 11.1 Å². The quantitative estimate of drug-likeness (QED) is 0.330. The molecule has 1 atom stereocenters. The van der Waals surface area contributed by atoms with E-state index in [1.807, 2.05) is 38.7 Å². The van der Waals surface area contributed by atoms with Gasteiger partial charge in [-0.3, -0.25) is 14.2 Å². The number of hydrogen-bond acceptors (Lipinski definition) is 5. The maximum atomic E-state index is 14.4. The highest BCUT2D eigenvalue weighted by molar-refractivity contribution is 5.78. The molecular weight excluding hydrogens is 538 g/mol. The highest BCUT2D eigenvalue weighted by atomic mass is 19.3. The van der Waals surface area contributed by atoms with Crippen LogP contribution in [0.5, 0.6) is 0 Å². The van der Waals surface area contributed by atoms with Crippen LogP contribution in [0.1, 0.15) is 95.2 Å². The van der Waals surface area contributed by atoms with Crippen LogP contribution in [-0.4, -0.2) is 56.7 Å². The van der Waals surface area contributed by atoms with E-state index in [4.69, 9.17) is 9.84 Å². The Hall–Kier alpha value is -3.27. The summed E-state index contributed by atoms with van der Waals surface area (Å²) in [6.07, 6.45) is 6.10. The molecule has 3 aliphatic rings. The number of rotatable bonds is 4. The number of carbonyl (C=O) groups is 1. The number of fused-ring (bicyclic) bond motifs is 2. The Morgan fingerprint density at radius 3 is 2.52 bits per heavy atom. The van der Waals surface area contributed by atoms with Gasteiger partial charge in [0.05, 0.1) is 18.8 Å². The second-order valence-corrected chi connectivity index (χ2v) is 10.6. The minimum absolute atomic E-state index is 0.00299. The number of alkyl halides is 2. The van der Waals surface area contributed by atoms with Crippen LogP contribution in [0, 0.1) is 0 Å². The molecule has 10 heteroatoms. The topological polar surface area (TPSA) is 68.4 Å². The molecule has 1 fully saturated rings.